The molecule has 1 aliphatic rings. The number of carbonyl (C=O) groups is 2. The summed E-state index contributed by atoms with van der Waals surface area (Å²) < 4.78 is 64.0. The van der Waals surface area contributed by atoms with Crippen LogP contribution in [0.1, 0.15) is 77.4 Å². The van der Waals surface area contributed by atoms with E-state index in [-0.39, 0.29) is 48.6 Å². The van der Waals surface area contributed by atoms with Crippen molar-refractivity contribution in [2.24, 2.45) is 4.99 Å². The second-order valence-electron chi connectivity index (χ2n) is 13.5. The monoisotopic (exact) mass is 743 g/mol. The first-order chi connectivity index (χ1) is 23.2. The number of nitrogens with zero attached hydrogens (tertiary/aromatic N) is 4. The molecule has 2 heterocycles. The average Bonchev–Trinajstić information content (AvgIpc) is 3.61. The van der Waals surface area contributed by atoms with Crippen LogP contribution in [-0.2, 0) is 22.1 Å². The van der Waals surface area contributed by atoms with Gasteiger partial charge in [-0.2, -0.15) is 18.2 Å². The number of aromatic nitrogens is 2. The van der Waals surface area contributed by atoms with E-state index >= 15 is 0 Å². The Morgan fingerprint density at radius 2 is 1.74 bits per heavy atom. The molecule has 2 aromatic carbocycles. The molecular weight excluding hydrogens is 706 g/mol. The van der Waals surface area contributed by atoms with E-state index in [1.54, 1.807) is 59.7 Å². The Kier molecular flexibility index (Phi) is 12.0. The topological polar surface area (TPSA) is 149 Å². The number of benzene rings is 2. The predicted octanol–water partition coefficient (Wildman–Crippen LogP) is 8.00. The average molecular weight is 745 g/mol. The van der Waals surface area contributed by atoms with Gasteiger partial charge in [-0.3, -0.25) is 5.32 Å². The molecule has 0 unspecified atom stereocenters. The van der Waals surface area contributed by atoms with Crippen LogP contribution in [0.3, 0.4) is 0 Å². The molecule has 1 fully saturated rings. The lowest BCUT2D eigenvalue weighted by Gasteiger charge is -2.27. The molecule has 1 aliphatic heterocycles. The molecule has 50 heavy (non-hydrogen) atoms. The minimum absolute atomic E-state index is 0.000610. The van der Waals surface area contributed by atoms with Gasteiger partial charge >= 0.3 is 18.4 Å². The molecule has 17 heteroatoms. The van der Waals surface area contributed by atoms with Crippen molar-refractivity contribution >= 4 is 41.3 Å². The molecule has 3 aromatic rings. The first-order valence-corrected chi connectivity index (χ1v) is 16.3. The van der Waals surface area contributed by atoms with Gasteiger partial charge in [0.2, 0.25) is 17.7 Å². The fourth-order valence-electron chi connectivity index (χ4n) is 4.87. The van der Waals surface area contributed by atoms with Crippen molar-refractivity contribution in [3.63, 3.8) is 0 Å². The van der Waals surface area contributed by atoms with Crippen LogP contribution in [0.15, 0.2) is 45.9 Å². The van der Waals surface area contributed by atoms with Crippen molar-refractivity contribution in [2.75, 3.05) is 13.2 Å². The number of hydrogen-bond donors (Lipinski definition) is 2. The molecular formula is C33H38Cl2F3N5O7. The number of amides is 2. The molecule has 2 N–H and O–H groups in total. The second kappa shape index (κ2) is 15.4. The number of carbonyl (C=O) groups excluding carboxylic acids is 2. The zero-order valence-electron chi connectivity index (χ0n) is 28.2. The number of halogens is 5. The summed E-state index contributed by atoms with van der Waals surface area (Å²) in [5.41, 5.74) is -2.00. The highest BCUT2D eigenvalue weighted by Crippen LogP contribution is 2.39. The van der Waals surface area contributed by atoms with E-state index in [0.717, 1.165) is 11.6 Å². The third-order valence-electron chi connectivity index (χ3n) is 6.88. The smallest absolute Gasteiger partial charge is 0.437 e. The highest BCUT2D eigenvalue weighted by atomic mass is 35.5. The van der Waals surface area contributed by atoms with Gasteiger partial charge < -0.3 is 28.7 Å². The molecule has 0 saturated carbocycles. The van der Waals surface area contributed by atoms with Gasteiger partial charge in [-0.25, -0.2) is 9.59 Å². The van der Waals surface area contributed by atoms with E-state index in [1.807, 2.05) is 0 Å². The summed E-state index contributed by atoms with van der Waals surface area (Å²) in [4.78, 5) is 34.9. The van der Waals surface area contributed by atoms with Gasteiger partial charge in [0, 0.05) is 18.5 Å². The van der Waals surface area contributed by atoms with E-state index in [2.05, 4.69) is 20.4 Å². The molecule has 272 valence electrons. The maximum absolute atomic E-state index is 14.1. The van der Waals surface area contributed by atoms with Gasteiger partial charge in [-0.05, 0) is 90.3 Å². The van der Waals surface area contributed by atoms with Crippen LogP contribution in [-0.4, -0.2) is 68.8 Å². The number of aryl methyl sites for hydroxylation is 1. The summed E-state index contributed by atoms with van der Waals surface area (Å²) in [5, 5.41) is 17.7. The van der Waals surface area contributed by atoms with Gasteiger partial charge in [0.1, 0.15) is 23.0 Å². The quantitative estimate of drug-likeness (QED) is 0.139. The standard InChI is InChI=1S/C33H38Cl2F3N5O7/c1-31(2,3)48-29(45)40-28(41-30(46)49-32(4,5)6)43-17-20(44)16-24(43)27-39-26(42-50-27)19-10-12-25(21(15-19)33(36,37)38)47-13-7-8-18-9-11-22(34)23(35)14-18/h9-12,14-15,20,24,44H,7-8,13,16-17H2,1-6H3,(H,40,41,45,46)/t20-,24+/m1/s1. The van der Waals surface area contributed by atoms with E-state index in [4.69, 9.17) is 41.9 Å². The van der Waals surface area contributed by atoms with Crippen molar-refractivity contribution < 1.29 is 46.6 Å². The van der Waals surface area contributed by atoms with Gasteiger partial charge in [-0.1, -0.05) is 34.4 Å². The number of aliphatic hydroxyl groups is 1. The van der Waals surface area contributed by atoms with E-state index < -0.39 is 47.3 Å². The third kappa shape index (κ3) is 11.0. The minimum Gasteiger partial charge on any atom is -0.493 e. The van der Waals surface area contributed by atoms with Gasteiger partial charge in [0.25, 0.3) is 0 Å². The lowest BCUT2D eigenvalue weighted by atomic mass is 10.1. The second-order valence-corrected chi connectivity index (χ2v) is 14.3. The van der Waals surface area contributed by atoms with Crippen LogP contribution in [0.4, 0.5) is 22.8 Å². The lowest BCUT2D eigenvalue weighted by Crippen LogP contribution is -2.46. The maximum Gasteiger partial charge on any atom is 0.437 e. The fourth-order valence-corrected chi connectivity index (χ4v) is 5.19. The van der Waals surface area contributed by atoms with Crippen LogP contribution in [0.25, 0.3) is 11.4 Å². The zero-order valence-corrected chi connectivity index (χ0v) is 29.7. The molecule has 0 aliphatic carbocycles. The largest absolute Gasteiger partial charge is 0.493 e. The summed E-state index contributed by atoms with van der Waals surface area (Å²) >= 11 is 12.0. The number of alkyl halides is 3. The minimum atomic E-state index is -4.77. The maximum atomic E-state index is 14.1. The number of rotatable bonds is 7. The van der Waals surface area contributed by atoms with Crippen molar-refractivity contribution in [3.8, 4) is 17.1 Å². The van der Waals surface area contributed by atoms with Gasteiger partial charge in [-0.15, -0.1) is 4.99 Å². The Morgan fingerprint density at radius 3 is 2.38 bits per heavy atom. The van der Waals surface area contributed by atoms with Gasteiger partial charge in [0.05, 0.1) is 28.3 Å². The Bertz CT molecular complexity index is 1720. The number of aliphatic imine (C=N–C) groups is 1. The summed E-state index contributed by atoms with van der Waals surface area (Å²) in [7, 11) is 0. The summed E-state index contributed by atoms with van der Waals surface area (Å²) in [6, 6.07) is 7.56. The Labute approximate surface area is 296 Å². The molecule has 0 radical (unpaired) electrons. The molecule has 2 amide bonds. The number of hydrogen-bond acceptors (Lipinski definition) is 9. The summed E-state index contributed by atoms with van der Waals surface area (Å²) in [6.07, 6.45) is -6.83. The Morgan fingerprint density at radius 1 is 1.04 bits per heavy atom. The van der Waals surface area contributed by atoms with Gasteiger partial charge in [0.15, 0.2) is 0 Å². The number of ether oxygens (including phenoxy) is 3. The highest BCUT2D eigenvalue weighted by molar-refractivity contribution is 6.42. The Hall–Kier alpha value is -4.08. The number of nitrogens with one attached hydrogen (secondary N) is 1. The van der Waals surface area contributed by atoms with Crippen LogP contribution in [0.2, 0.25) is 10.0 Å². The van der Waals surface area contributed by atoms with Crippen LogP contribution < -0.4 is 10.1 Å². The number of aliphatic hydroxyl groups excluding tert-OH is 1. The fraction of sp³-hybridized carbons (Fsp3) is 0.485. The summed E-state index contributed by atoms with van der Waals surface area (Å²) in [6.45, 7) is 9.69. The first-order valence-electron chi connectivity index (χ1n) is 15.6. The number of guanidine groups is 1. The zero-order chi connectivity index (χ0) is 37.0. The lowest BCUT2D eigenvalue weighted by molar-refractivity contribution is -0.138. The SMILES string of the molecule is CC(C)(C)OC(=O)/N=C(\NC(=O)OC(C)(C)C)N1C[C@H](O)C[C@H]1c1nc(-c2ccc(OCCCc3ccc(Cl)c(Cl)c3)c(C(F)(F)F)c2)no1. The molecule has 1 saturated heterocycles. The van der Waals surface area contributed by atoms with Crippen LogP contribution in [0.5, 0.6) is 5.75 Å². The molecule has 12 nitrogen and oxygen atoms in total. The number of β-amino-alcohol motifs (C(OH)–C–C–N with tert-alkyl or cyclic N) is 1. The third-order valence-corrected chi connectivity index (χ3v) is 7.61. The molecule has 1 aromatic heterocycles. The normalized spacial score (nSPS) is 17.1. The van der Waals surface area contributed by atoms with E-state index in [0.29, 0.717) is 22.9 Å². The molecule has 4 rings (SSSR count). The summed E-state index contributed by atoms with van der Waals surface area (Å²) in [5.74, 6) is -0.991. The van der Waals surface area contributed by atoms with Crippen LogP contribution in [0, 0.1) is 0 Å². The Balaban J connectivity index is 1.56. The molecule has 0 spiro atoms. The van der Waals surface area contributed by atoms with E-state index in [1.165, 1.54) is 17.0 Å². The first kappa shape index (κ1) is 38.7. The highest BCUT2D eigenvalue weighted by Gasteiger charge is 2.40. The van der Waals surface area contributed by atoms with Crippen molar-refractivity contribution in [1.82, 2.24) is 20.4 Å². The molecule has 2 atom stereocenters. The number of alkyl carbamates (subject to hydrolysis) is 1. The van der Waals surface area contributed by atoms with Crippen molar-refractivity contribution in [2.45, 2.75) is 90.3 Å². The number of likely N-dealkylation sites (tertiary alicyclic amines) is 1. The van der Waals surface area contributed by atoms with E-state index in [9.17, 15) is 27.9 Å². The van der Waals surface area contributed by atoms with Crippen LogP contribution >= 0.6 is 23.2 Å². The van der Waals surface area contributed by atoms with Crippen molar-refractivity contribution in [1.29, 1.82) is 0 Å². The van der Waals surface area contributed by atoms with Crippen molar-refractivity contribution in [3.05, 3.63) is 63.5 Å². The predicted molar refractivity (Wildman–Crippen MR) is 178 cm³/mol. The molecule has 0 bridgehead atoms.